The van der Waals surface area contributed by atoms with Gasteiger partial charge in [0.1, 0.15) is 5.58 Å². The van der Waals surface area contributed by atoms with Crippen molar-refractivity contribution in [3.05, 3.63) is 35.0 Å². The van der Waals surface area contributed by atoms with E-state index in [-0.39, 0.29) is 0 Å². The van der Waals surface area contributed by atoms with Crippen LogP contribution < -0.4 is 0 Å². The normalized spacial score (nSPS) is 11.4. The standard InChI is InChI=1S/C11H11ClO/c1-7(2)10-6-13-11-5-8(12)3-4-9(10)11/h3-7H,1-2H3. The molecule has 0 aliphatic heterocycles. The smallest absolute Gasteiger partial charge is 0.135 e. The van der Waals surface area contributed by atoms with Crippen LogP contribution in [-0.4, -0.2) is 0 Å². The lowest BCUT2D eigenvalue weighted by Gasteiger charge is -1.99. The zero-order chi connectivity index (χ0) is 9.42. The zero-order valence-corrected chi connectivity index (χ0v) is 8.43. The van der Waals surface area contributed by atoms with Crippen LogP contribution in [-0.2, 0) is 0 Å². The molecule has 0 amide bonds. The van der Waals surface area contributed by atoms with Crippen molar-refractivity contribution in [2.24, 2.45) is 0 Å². The van der Waals surface area contributed by atoms with Crippen LogP contribution in [0, 0.1) is 0 Å². The summed E-state index contributed by atoms with van der Waals surface area (Å²) in [6.45, 7) is 4.30. The molecular weight excluding hydrogens is 184 g/mol. The molecule has 1 heterocycles. The average Bonchev–Trinajstić information content (AvgIpc) is 2.46. The summed E-state index contributed by atoms with van der Waals surface area (Å²) in [6.07, 6.45) is 1.81. The molecule has 0 saturated carbocycles. The van der Waals surface area contributed by atoms with E-state index in [0.717, 1.165) is 10.6 Å². The minimum Gasteiger partial charge on any atom is -0.464 e. The maximum atomic E-state index is 5.85. The molecule has 1 aromatic carbocycles. The first-order valence-corrected chi connectivity index (χ1v) is 4.73. The Labute approximate surface area is 82.3 Å². The lowest BCUT2D eigenvalue weighted by atomic mass is 10.0. The van der Waals surface area contributed by atoms with E-state index in [2.05, 4.69) is 13.8 Å². The van der Waals surface area contributed by atoms with Crippen molar-refractivity contribution in [1.82, 2.24) is 0 Å². The molecule has 2 rings (SSSR count). The van der Waals surface area contributed by atoms with Gasteiger partial charge < -0.3 is 4.42 Å². The van der Waals surface area contributed by atoms with Crippen LogP contribution in [0.15, 0.2) is 28.9 Å². The van der Waals surface area contributed by atoms with Crippen molar-refractivity contribution in [2.45, 2.75) is 19.8 Å². The molecule has 68 valence electrons. The maximum Gasteiger partial charge on any atom is 0.135 e. The highest BCUT2D eigenvalue weighted by atomic mass is 35.5. The summed E-state index contributed by atoms with van der Waals surface area (Å²) in [5.74, 6) is 0.488. The quantitative estimate of drug-likeness (QED) is 0.663. The minimum absolute atomic E-state index is 0.488. The van der Waals surface area contributed by atoms with Gasteiger partial charge in [-0.2, -0.15) is 0 Å². The Morgan fingerprint density at radius 3 is 2.77 bits per heavy atom. The molecule has 0 atom stereocenters. The molecular formula is C11H11ClO. The van der Waals surface area contributed by atoms with Gasteiger partial charge in [-0.1, -0.05) is 25.4 Å². The number of hydrogen-bond acceptors (Lipinski definition) is 1. The number of halogens is 1. The Hall–Kier alpha value is -0.950. The van der Waals surface area contributed by atoms with Gasteiger partial charge in [0, 0.05) is 16.0 Å². The molecule has 0 saturated heterocycles. The van der Waals surface area contributed by atoms with Gasteiger partial charge >= 0.3 is 0 Å². The maximum absolute atomic E-state index is 5.85. The number of furan rings is 1. The zero-order valence-electron chi connectivity index (χ0n) is 7.67. The summed E-state index contributed by atoms with van der Waals surface area (Å²) in [7, 11) is 0. The highest BCUT2D eigenvalue weighted by Crippen LogP contribution is 2.28. The molecule has 0 spiro atoms. The molecule has 2 aromatic rings. The number of fused-ring (bicyclic) bond motifs is 1. The summed E-state index contributed by atoms with van der Waals surface area (Å²) < 4.78 is 5.41. The van der Waals surface area contributed by atoms with Crippen LogP contribution in [0.5, 0.6) is 0 Å². The Morgan fingerprint density at radius 1 is 1.31 bits per heavy atom. The molecule has 0 bridgehead atoms. The summed E-state index contributed by atoms with van der Waals surface area (Å²) in [4.78, 5) is 0. The van der Waals surface area contributed by atoms with Gasteiger partial charge in [-0.25, -0.2) is 0 Å². The van der Waals surface area contributed by atoms with Crippen LogP contribution >= 0.6 is 11.6 Å². The summed E-state index contributed by atoms with van der Waals surface area (Å²) in [5, 5.41) is 1.89. The SMILES string of the molecule is CC(C)c1coc2cc(Cl)ccc12. The molecule has 0 radical (unpaired) electrons. The molecule has 0 aliphatic rings. The second-order valence-corrected chi connectivity index (χ2v) is 3.92. The molecule has 0 unspecified atom stereocenters. The van der Waals surface area contributed by atoms with Gasteiger partial charge in [-0.15, -0.1) is 0 Å². The summed E-state index contributed by atoms with van der Waals surface area (Å²) in [5.41, 5.74) is 2.11. The van der Waals surface area contributed by atoms with Crippen molar-refractivity contribution in [3.8, 4) is 0 Å². The van der Waals surface area contributed by atoms with Crippen molar-refractivity contribution in [1.29, 1.82) is 0 Å². The van der Waals surface area contributed by atoms with E-state index in [4.69, 9.17) is 16.0 Å². The van der Waals surface area contributed by atoms with Crippen molar-refractivity contribution < 1.29 is 4.42 Å². The molecule has 13 heavy (non-hydrogen) atoms. The van der Waals surface area contributed by atoms with Crippen LogP contribution in [0.1, 0.15) is 25.3 Å². The van der Waals surface area contributed by atoms with Crippen LogP contribution in [0.4, 0.5) is 0 Å². The highest BCUT2D eigenvalue weighted by Gasteiger charge is 2.08. The van der Waals surface area contributed by atoms with E-state index >= 15 is 0 Å². The fourth-order valence-corrected chi connectivity index (χ4v) is 1.63. The van der Waals surface area contributed by atoms with E-state index in [0.29, 0.717) is 5.92 Å². The number of hydrogen-bond donors (Lipinski definition) is 0. The predicted molar refractivity (Wildman–Crippen MR) is 55.3 cm³/mol. The van der Waals surface area contributed by atoms with Gasteiger partial charge in [-0.3, -0.25) is 0 Å². The van der Waals surface area contributed by atoms with Crippen LogP contribution in [0.2, 0.25) is 5.02 Å². The second-order valence-electron chi connectivity index (χ2n) is 3.49. The third-order valence-corrected chi connectivity index (χ3v) is 2.42. The lowest BCUT2D eigenvalue weighted by molar-refractivity contribution is 0.606. The van der Waals surface area contributed by atoms with E-state index in [1.54, 1.807) is 0 Å². The van der Waals surface area contributed by atoms with E-state index in [1.165, 1.54) is 10.9 Å². The Balaban J connectivity index is 2.69. The van der Waals surface area contributed by atoms with Crippen LogP contribution in [0.3, 0.4) is 0 Å². The van der Waals surface area contributed by atoms with Crippen molar-refractivity contribution in [3.63, 3.8) is 0 Å². The van der Waals surface area contributed by atoms with E-state index in [9.17, 15) is 0 Å². The van der Waals surface area contributed by atoms with Gasteiger partial charge in [0.2, 0.25) is 0 Å². The predicted octanol–water partition coefficient (Wildman–Crippen LogP) is 4.21. The minimum atomic E-state index is 0.488. The first kappa shape index (κ1) is 8.64. The first-order chi connectivity index (χ1) is 6.18. The molecule has 1 aromatic heterocycles. The topological polar surface area (TPSA) is 13.1 Å². The Bertz CT molecular complexity index is 429. The van der Waals surface area contributed by atoms with Gasteiger partial charge in [0.05, 0.1) is 6.26 Å². The Kier molecular flexibility index (Phi) is 2.04. The monoisotopic (exact) mass is 194 g/mol. The fourth-order valence-electron chi connectivity index (χ4n) is 1.47. The van der Waals surface area contributed by atoms with Crippen LogP contribution in [0.25, 0.3) is 11.0 Å². The second kappa shape index (κ2) is 3.08. The number of rotatable bonds is 1. The molecule has 2 heteroatoms. The van der Waals surface area contributed by atoms with Gasteiger partial charge in [0.15, 0.2) is 0 Å². The summed E-state index contributed by atoms with van der Waals surface area (Å²) >= 11 is 5.85. The first-order valence-electron chi connectivity index (χ1n) is 4.35. The number of benzene rings is 1. The molecule has 0 fully saturated rings. The van der Waals surface area contributed by atoms with Crippen molar-refractivity contribution in [2.75, 3.05) is 0 Å². The highest BCUT2D eigenvalue weighted by molar-refractivity contribution is 6.31. The third-order valence-electron chi connectivity index (χ3n) is 2.19. The third kappa shape index (κ3) is 1.44. The van der Waals surface area contributed by atoms with Crippen molar-refractivity contribution >= 4 is 22.6 Å². The summed E-state index contributed by atoms with van der Waals surface area (Å²) in [6, 6.07) is 5.75. The molecule has 0 aliphatic carbocycles. The van der Waals surface area contributed by atoms with E-state index < -0.39 is 0 Å². The molecule has 1 nitrogen and oxygen atoms in total. The largest absolute Gasteiger partial charge is 0.464 e. The lowest BCUT2D eigenvalue weighted by Crippen LogP contribution is -1.82. The Morgan fingerprint density at radius 2 is 2.08 bits per heavy atom. The van der Waals surface area contributed by atoms with E-state index in [1.807, 2.05) is 24.5 Å². The average molecular weight is 195 g/mol. The molecule has 0 N–H and O–H groups in total. The van der Waals surface area contributed by atoms with Gasteiger partial charge in [-0.05, 0) is 24.1 Å². The fraction of sp³-hybridized carbons (Fsp3) is 0.273. The van der Waals surface area contributed by atoms with Gasteiger partial charge in [0.25, 0.3) is 0 Å².